The number of alkyl halides is 1. The fourth-order valence-electron chi connectivity index (χ4n) is 0. The largest absolute Gasteiger partial charge is 0.126 e. The second-order valence-corrected chi connectivity index (χ2v) is 1.18. The van der Waals surface area contributed by atoms with Crippen LogP contribution < -0.4 is 0 Å². The highest BCUT2D eigenvalue weighted by Gasteiger charge is 1.61. The summed E-state index contributed by atoms with van der Waals surface area (Å²) in [6, 6.07) is 0. The van der Waals surface area contributed by atoms with Crippen molar-refractivity contribution < 1.29 is 0 Å². The molecule has 0 atom stereocenters. The molecule has 0 aromatic rings. The highest BCUT2D eigenvalue weighted by atomic mass is 35.5. The maximum absolute atomic E-state index is 5.08. The summed E-state index contributed by atoms with van der Waals surface area (Å²) in [7, 11) is 0. The predicted octanol–water partition coefficient (Wildman–Crippen LogP) is 1.42. The van der Waals surface area contributed by atoms with Gasteiger partial charge in [-0.2, -0.15) is 0 Å². The lowest BCUT2D eigenvalue weighted by Gasteiger charge is -1.63. The SMILES string of the molecule is [S]CCCl. The van der Waals surface area contributed by atoms with Crippen molar-refractivity contribution in [2.75, 3.05) is 11.6 Å². The Morgan fingerprint density at radius 3 is 2.00 bits per heavy atom. The molecule has 2 heteroatoms. The topological polar surface area (TPSA) is 0 Å². The fourth-order valence-corrected chi connectivity index (χ4v) is 0. The van der Waals surface area contributed by atoms with Crippen LogP contribution in [0.2, 0.25) is 0 Å². The van der Waals surface area contributed by atoms with E-state index >= 15 is 0 Å². The first-order valence-corrected chi connectivity index (χ1v) is 2.17. The normalized spacial score (nSPS) is 7.50. The molecule has 0 nitrogen and oxygen atoms in total. The second-order valence-electron chi connectivity index (χ2n) is 0.393. The average molecular weight is 95.6 g/mol. The molecule has 0 saturated carbocycles. The molecular weight excluding hydrogens is 91.5 g/mol. The van der Waals surface area contributed by atoms with Crippen molar-refractivity contribution in [1.29, 1.82) is 0 Å². The van der Waals surface area contributed by atoms with Gasteiger partial charge in [0.25, 0.3) is 0 Å². The summed E-state index contributed by atoms with van der Waals surface area (Å²) in [6.45, 7) is 0. The van der Waals surface area contributed by atoms with E-state index in [1.54, 1.807) is 0 Å². The van der Waals surface area contributed by atoms with E-state index in [9.17, 15) is 0 Å². The van der Waals surface area contributed by atoms with Crippen LogP contribution in [0.1, 0.15) is 0 Å². The van der Waals surface area contributed by atoms with Gasteiger partial charge in [-0.05, 0) is 0 Å². The molecule has 0 aliphatic rings. The number of rotatable bonds is 1. The van der Waals surface area contributed by atoms with Crippen molar-refractivity contribution >= 4 is 24.2 Å². The van der Waals surface area contributed by atoms with E-state index in [4.69, 9.17) is 11.6 Å². The Kier molecular flexibility index (Phi) is 4.22. The van der Waals surface area contributed by atoms with Crippen molar-refractivity contribution in [1.82, 2.24) is 0 Å². The molecular formula is C2H4ClS. The minimum Gasteiger partial charge on any atom is -0.126 e. The monoisotopic (exact) mass is 95.0 g/mol. The van der Waals surface area contributed by atoms with Gasteiger partial charge in [-0.3, -0.25) is 0 Å². The van der Waals surface area contributed by atoms with E-state index in [0.29, 0.717) is 11.6 Å². The Hall–Kier alpha value is 0.640. The second kappa shape index (κ2) is 3.64. The maximum atomic E-state index is 5.08. The quantitative estimate of drug-likeness (QED) is 0.432. The van der Waals surface area contributed by atoms with E-state index in [0.717, 1.165) is 0 Å². The lowest BCUT2D eigenvalue weighted by atomic mass is 11.0. The first-order chi connectivity index (χ1) is 1.91. The molecule has 25 valence electrons. The molecule has 0 N–H and O–H groups in total. The van der Waals surface area contributed by atoms with E-state index < -0.39 is 0 Å². The Balaban J connectivity index is 1.97. The zero-order valence-electron chi connectivity index (χ0n) is 2.20. The zero-order valence-corrected chi connectivity index (χ0v) is 3.77. The molecule has 0 saturated heterocycles. The van der Waals surface area contributed by atoms with Gasteiger partial charge >= 0.3 is 0 Å². The summed E-state index contributed by atoms with van der Waals surface area (Å²) < 4.78 is 0. The van der Waals surface area contributed by atoms with Crippen LogP contribution in [-0.2, 0) is 0 Å². The van der Waals surface area contributed by atoms with Crippen molar-refractivity contribution in [3.63, 3.8) is 0 Å². The van der Waals surface area contributed by atoms with Crippen LogP contribution >= 0.6 is 24.2 Å². The molecule has 0 rings (SSSR count). The Labute approximate surface area is 36.6 Å². The smallest absolute Gasteiger partial charge is 0.0322 e. The Morgan fingerprint density at radius 1 is 1.75 bits per heavy atom. The summed E-state index contributed by atoms with van der Waals surface area (Å²) in [5.74, 6) is 1.27. The molecule has 0 amide bonds. The molecule has 1 radical (unpaired) electrons. The lowest BCUT2D eigenvalue weighted by Crippen LogP contribution is -1.64. The summed E-state index contributed by atoms with van der Waals surface area (Å²) in [5, 5.41) is 0. The van der Waals surface area contributed by atoms with Crippen molar-refractivity contribution in [3.05, 3.63) is 0 Å². The Bertz CT molecular complexity index is 8.00. The summed E-state index contributed by atoms with van der Waals surface area (Å²) in [5.41, 5.74) is 0. The number of halogens is 1. The summed E-state index contributed by atoms with van der Waals surface area (Å²) in [4.78, 5) is 0. The molecule has 4 heavy (non-hydrogen) atoms. The van der Waals surface area contributed by atoms with Gasteiger partial charge in [0.2, 0.25) is 0 Å². The first kappa shape index (κ1) is 4.64. The molecule has 0 fully saturated rings. The van der Waals surface area contributed by atoms with Gasteiger partial charge in [-0.25, -0.2) is 0 Å². The van der Waals surface area contributed by atoms with E-state index in [1.807, 2.05) is 0 Å². The average Bonchev–Trinajstić information content (AvgIpc) is 1.37. The van der Waals surface area contributed by atoms with Crippen LogP contribution in [-0.4, -0.2) is 11.6 Å². The number of hydrogen-bond donors (Lipinski definition) is 0. The van der Waals surface area contributed by atoms with Gasteiger partial charge in [0.1, 0.15) is 0 Å². The van der Waals surface area contributed by atoms with Crippen LogP contribution in [0.15, 0.2) is 0 Å². The van der Waals surface area contributed by atoms with Crippen LogP contribution in [0.4, 0.5) is 0 Å². The number of hydrogen-bond acceptors (Lipinski definition) is 0. The standard InChI is InChI=1S/C2H4ClS/c3-1-2-4/h1-2H2. The first-order valence-electron chi connectivity index (χ1n) is 1.06. The molecule has 0 aliphatic carbocycles. The van der Waals surface area contributed by atoms with Gasteiger partial charge < -0.3 is 0 Å². The molecule has 0 unspecified atom stereocenters. The van der Waals surface area contributed by atoms with Crippen LogP contribution in [0.25, 0.3) is 0 Å². The fraction of sp³-hybridized carbons (Fsp3) is 1.00. The third-order valence-corrected chi connectivity index (χ3v) is 0.694. The molecule has 0 aromatic heterocycles. The minimum absolute atomic E-state index is 0.606. The molecule has 0 aromatic carbocycles. The van der Waals surface area contributed by atoms with Gasteiger partial charge in [0, 0.05) is 11.6 Å². The molecule has 0 spiro atoms. The van der Waals surface area contributed by atoms with Gasteiger partial charge in [0.15, 0.2) is 0 Å². The highest BCUT2D eigenvalue weighted by molar-refractivity contribution is 7.80. The molecule has 0 heterocycles. The van der Waals surface area contributed by atoms with Gasteiger partial charge in [-0.15, -0.1) is 11.6 Å². The Morgan fingerprint density at radius 2 is 2.00 bits per heavy atom. The molecule has 0 bridgehead atoms. The van der Waals surface area contributed by atoms with Crippen molar-refractivity contribution in [2.45, 2.75) is 0 Å². The zero-order chi connectivity index (χ0) is 3.41. The van der Waals surface area contributed by atoms with E-state index in [1.165, 1.54) is 0 Å². The van der Waals surface area contributed by atoms with Crippen LogP contribution in [0, 0.1) is 0 Å². The summed E-state index contributed by atoms with van der Waals surface area (Å²) >= 11 is 9.50. The minimum atomic E-state index is 0.606. The third kappa shape index (κ3) is 2.64. The highest BCUT2D eigenvalue weighted by Crippen LogP contribution is 1.74. The van der Waals surface area contributed by atoms with E-state index in [-0.39, 0.29) is 0 Å². The van der Waals surface area contributed by atoms with Gasteiger partial charge in [-0.1, -0.05) is 12.6 Å². The van der Waals surface area contributed by atoms with Crippen LogP contribution in [0.5, 0.6) is 0 Å². The predicted molar refractivity (Wildman–Crippen MR) is 23.2 cm³/mol. The van der Waals surface area contributed by atoms with Gasteiger partial charge in [0.05, 0.1) is 0 Å². The van der Waals surface area contributed by atoms with E-state index in [2.05, 4.69) is 12.6 Å². The molecule has 0 aliphatic heterocycles. The summed E-state index contributed by atoms with van der Waals surface area (Å²) in [6.07, 6.45) is 0. The van der Waals surface area contributed by atoms with Crippen LogP contribution in [0.3, 0.4) is 0 Å². The van der Waals surface area contributed by atoms with Crippen molar-refractivity contribution in [2.24, 2.45) is 0 Å². The van der Waals surface area contributed by atoms with Crippen molar-refractivity contribution in [3.8, 4) is 0 Å². The lowest BCUT2D eigenvalue weighted by molar-refractivity contribution is 1.55. The third-order valence-electron chi connectivity index (χ3n) is 0.0772. The maximum Gasteiger partial charge on any atom is 0.0322 e.